The van der Waals surface area contributed by atoms with Gasteiger partial charge in [0.15, 0.2) is 5.84 Å². The third-order valence-corrected chi connectivity index (χ3v) is 5.05. The summed E-state index contributed by atoms with van der Waals surface area (Å²) in [5.41, 5.74) is 5.26. The van der Waals surface area contributed by atoms with Crippen LogP contribution in [-0.4, -0.2) is 30.4 Å². The summed E-state index contributed by atoms with van der Waals surface area (Å²) in [5, 5.41) is 7.57. The maximum atomic E-state index is 13.1. The van der Waals surface area contributed by atoms with Gasteiger partial charge in [-0.15, -0.1) is 5.10 Å². The van der Waals surface area contributed by atoms with Crippen molar-refractivity contribution in [1.29, 1.82) is 0 Å². The highest BCUT2D eigenvalue weighted by molar-refractivity contribution is 7.87. The van der Waals surface area contributed by atoms with Crippen LogP contribution in [0.1, 0.15) is 16.8 Å². The number of nitrogens with two attached hydrogens (primary N) is 1. The second-order valence-corrected chi connectivity index (χ2v) is 7.44. The molecule has 1 aromatic heterocycles. The van der Waals surface area contributed by atoms with Crippen LogP contribution < -0.4 is 9.92 Å². The van der Waals surface area contributed by atoms with Gasteiger partial charge < -0.3 is 9.92 Å². The predicted octanol–water partition coefficient (Wildman–Crippen LogP) is 3.00. The molecule has 0 spiro atoms. The van der Waals surface area contributed by atoms with Crippen molar-refractivity contribution in [2.75, 3.05) is 0 Å². The summed E-state index contributed by atoms with van der Waals surface area (Å²) in [6, 6.07) is 9.20. The van der Waals surface area contributed by atoms with E-state index in [9.17, 15) is 21.6 Å². The lowest BCUT2D eigenvalue weighted by Gasteiger charge is -2.13. The highest BCUT2D eigenvalue weighted by Gasteiger charge is 2.37. The number of alkyl halides is 3. The van der Waals surface area contributed by atoms with E-state index in [1.807, 2.05) is 0 Å². The first-order valence-corrected chi connectivity index (χ1v) is 9.91. The van der Waals surface area contributed by atoms with Crippen LogP contribution in [0.5, 0.6) is 5.75 Å². The monoisotopic (exact) mass is 449 g/mol. The van der Waals surface area contributed by atoms with Crippen molar-refractivity contribution < 1.29 is 25.8 Å². The fraction of sp³-hybridized carbons (Fsp3) is 0.0526. The molecule has 0 aliphatic rings. The average Bonchev–Trinajstić information content (AvgIpc) is 2.75. The third kappa shape index (κ3) is 5.63. The second kappa shape index (κ2) is 8.92. The molecular weight excluding hydrogens is 435 g/mol. The Hall–Kier alpha value is -3.80. The molecule has 2 aromatic carbocycles. The molecule has 0 fully saturated rings. The largest absolute Gasteiger partial charge is 0.417 e. The van der Waals surface area contributed by atoms with E-state index in [-0.39, 0.29) is 11.6 Å². The minimum absolute atomic E-state index is 0.0405. The minimum atomic E-state index is -4.85. The van der Waals surface area contributed by atoms with Crippen LogP contribution >= 0.6 is 0 Å². The molecule has 0 saturated heterocycles. The molecule has 0 amide bonds. The maximum absolute atomic E-state index is 13.1. The summed E-state index contributed by atoms with van der Waals surface area (Å²) < 4.78 is 68.8. The summed E-state index contributed by atoms with van der Waals surface area (Å²) in [4.78, 5) is 6.84. The van der Waals surface area contributed by atoms with Crippen molar-refractivity contribution in [3.05, 3.63) is 83.9 Å². The molecule has 0 aliphatic heterocycles. The van der Waals surface area contributed by atoms with Gasteiger partial charge in [-0.3, -0.25) is 4.98 Å². The maximum Gasteiger partial charge on any atom is 0.417 e. The van der Waals surface area contributed by atoms with Gasteiger partial charge in [-0.25, -0.2) is 4.98 Å². The molecule has 2 N–H and O–H groups in total. The van der Waals surface area contributed by atoms with Crippen LogP contribution in [0.2, 0.25) is 0 Å². The van der Waals surface area contributed by atoms with Gasteiger partial charge in [0.05, 0.1) is 18.0 Å². The summed E-state index contributed by atoms with van der Waals surface area (Å²) in [5.74, 6) is -0.129. The van der Waals surface area contributed by atoms with Crippen LogP contribution in [0.4, 0.5) is 13.2 Å². The van der Waals surface area contributed by atoms with Crippen molar-refractivity contribution in [1.82, 2.24) is 9.97 Å². The Balaban J connectivity index is 1.74. The molecule has 31 heavy (non-hydrogen) atoms. The van der Waals surface area contributed by atoms with Crippen molar-refractivity contribution in [2.45, 2.75) is 11.1 Å². The van der Waals surface area contributed by atoms with E-state index in [1.54, 1.807) is 0 Å². The molecule has 0 unspecified atom stereocenters. The Kier molecular flexibility index (Phi) is 6.30. The number of halogens is 3. The topological polar surface area (TPSA) is 120 Å². The number of benzene rings is 2. The van der Waals surface area contributed by atoms with Crippen LogP contribution in [0.25, 0.3) is 0 Å². The lowest BCUT2D eigenvalue weighted by atomic mass is 10.2. The number of nitrogens with zero attached hydrogens (tertiary/aromatic N) is 4. The quantitative estimate of drug-likeness (QED) is 0.267. The Morgan fingerprint density at radius 2 is 1.77 bits per heavy atom. The molecule has 0 saturated carbocycles. The van der Waals surface area contributed by atoms with Crippen molar-refractivity contribution in [3.8, 4) is 5.75 Å². The smallest absolute Gasteiger partial charge is 0.380 e. The fourth-order valence-electron chi connectivity index (χ4n) is 2.34. The van der Waals surface area contributed by atoms with Gasteiger partial charge in [0.2, 0.25) is 0 Å². The van der Waals surface area contributed by atoms with Crippen LogP contribution in [0, 0.1) is 0 Å². The lowest BCUT2D eigenvalue weighted by Crippen LogP contribution is -2.17. The SMILES string of the molecule is N/C(=N\N=C\c1ccc(OS(=O)(=O)c2ccccc2C(F)(F)F)cc1)c1cnccn1. The lowest BCUT2D eigenvalue weighted by molar-refractivity contribution is -0.139. The third-order valence-electron chi connectivity index (χ3n) is 3.75. The number of hydrogen-bond donors (Lipinski definition) is 1. The molecule has 1 heterocycles. The van der Waals surface area contributed by atoms with Gasteiger partial charge in [0, 0.05) is 12.4 Å². The zero-order chi connectivity index (χ0) is 22.5. The predicted molar refractivity (Wildman–Crippen MR) is 106 cm³/mol. The van der Waals surface area contributed by atoms with Crippen LogP contribution in [-0.2, 0) is 16.3 Å². The first-order chi connectivity index (χ1) is 14.7. The summed E-state index contributed by atoms with van der Waals surface area (Å²) in [6.45, 7) is 0. The number of amidine groups is 1. The summed E-state index contributed by atoms with van der Waals surface area (Å²) in [6.07, 6.45) is 0.826. The standard InChI is InChI=1S/C19H14F3N5O3S/c20-19(21,22)15-3-1-2-4-17(15)31(28,29)30-14-7-5-13(6-8-14)11-26-27-18(23)16-12-24-9-10-25-16/h1-12H,(H2,23,27)/b26-11+. The van der Waals surface area contributed by atoms with E-state index in [0.717, 1.165) is 12.1 Å². The molecule has 0 atom stereocenters. The Morgan fingerprint density at radius 1 is 1.06 bits per heavy atom. The molecule has 12 heteroatoms. The molecule has 0 aliphatic carbocycles. The van der Waals surface area contributed by atoms with Gasteiger partial charge in [-0.2, -0.15) is 26.7 Å². The number of aromatic nitrogens is 2. The molecule has 3 aromatic rings. The highest BCUT2D eigenvalue weighted by Crippen LogP contribution is 2.34. The Bertz CT molecular complexity index is 1210. The van der Waals surface area contributed by atoms with E-state index in [0.29, 0.717) is 17.3 Å². The van der Waals surface area contributed by atoms with Gasteiger partial charge in [0.25, 0.3) is 0 Å². The van der Waals surface area contributed by atoms with E-state index in [2.05, 4.69) is 20.2 Å². The van der Waals surface area contributed by atoms with Crippen molar-refractivity contribution in [2.24, 2.45) is 15.9 Å². The van der Waals surface area contributed by atoms with Gasteiger partial charge >= 0.3 is 16.3 Å². The zero-order valence-electron chi connectivity index (χ0n) is 15.6. The number of hydrogen-bond acceptors (Lipinski definition) is 7. The molecule has 8 nitrogen and oxygen atoms in total. The van der Waals surface area contributed by atoms with Crippen LogP contribution in [0.15, 0.2) is 82.2 Å². The first kappa shape index (κ1) is 21.9. The van der Waals surface area contributed by atoms with Gasteiger partial charge in [0.1, 0.15) is 16.3 Å². The van der Waals surface area contributed by atoms with Gasteiger partial charge in [-0.05, 0) is 42.0 Å². The van der Waals surface area contributed by atoms with E-state index in [1.165, 1.54) is 55.1 Å². The average molecular weight is 449 g/mol. The normalized spacial score (nSPS) is 12.8. The number of rotatable bonds is 6. The summed E-state index contributed by atoms with van der Waals surface area (Å²) in [7, 11) is -4.70. The Labute approximate surface area is 175 Å². The van der Waals surface area contributed by atoms with E-state index in [4.69, 9.17) is 9.92 Å². The van der Waals surface area contributed by atoms with Crippen molar-refractivity contribution in [3.63, 3.8) is 0 Å². The molecule has 0 radical (unpaired) electrons. The fourth-order valence-corrected chi connectivity index (χ4v) is 3.49. The summed E-state index contributed by atoms with van der Waals surface area (Å²) >= 11 is 0. The highest BCUT2D eigenvalue weighted by atomic mass is 32.2. The van der Waals surface area contributed by atoms with E-state index >= 15 is 0 Å². The molecule has 160 valence electrons. The zero-order valence-corrected chi connectivity index (χ0v) is 16.4. The molecular formula is C19H14F3N5O3S. The first-order valence-electron chi connectivity index (χ1n) is 8.50. The molecule has 3 rings (SSSR count). The van der Waals surface area contributed by atoms with E-state index < -0.39 is 26.8 Å². The minimum Gasteiger partial charge on any atom is -0.380 e. The molecule has 0 bridgehead atoms. The van der Waals surface area contributed by atoms with Gasteiger partial charge in [-0.1, -0.05) is 12.1 Å². The van der Waals surface area contributed by atoms with Crippen molar-refractivity contribution >= 4 is 22.2 Å². The second-order valence-electron chi connectivity index (χ2n) is 5.92. The Morgan fingerprint density at radius 3 is 2.42 bits per heavy atom. The van der Waals surface area contributed by atoms with Crippen LogP contribution in [0.3, 0.4) is 0 Å².